The van der Waals surface area contributed by atoms with Crippen LogP contribution in [-0.4, -0.2) is 58.4 Å². The van der Waals surface area contributed by atoms with Crippen LogP contribution in [0.25, 0.3) is 0 Å². The van der Waals surface area contributed by atoms with Crippen molar-refractivity contribution in [2.45, 2.75) is 25.2 Å². The lowest BCUT2D eigenvalue weighted by Gasteiger charge is -2.33. The van der Waals surface area contributed by atoms with E-state index in [1.54, 1.807) is 4.90 Å². The Labute approximate surface area is 127 Å². The van der Waals surface area contributed by atoms with Gasteiger partial charge in [-0.05, 0) is 25.3 Å². The molecule has 3 fully saturated rings. The Morgan fingerprint density at radius 3 is 2.95 bits per heavy atom. The summed E-state index contributed by atoms with van der Waals surface area (Å²) in [6.07, 6.45) is 2.74. The molecule has 2 aliphatic heterocycles. The molecule has 1 saturated carbocycles. The first-order chi connectivity index (χ1) is 10.6. The number of carbonyl (C=O) groups is 2. The molecule has 1 aliphatic carbocycles. The Morgan fingerprint density at radius 1 is 1.45 bits per heavy atom. The summed E-state index contributed by atoms with van der Waals surface area (Å²) < 4.78 is 5.41. The summed E-state index contributed by atoms with van der Waals surface area (Å²) >= 11 is 0. The number of H-pyrrole nitrogens is 1. The molecule has 1 aromatic heterocycles. The fourth-order valence-corrected chi connectivity index (χ4v) is 3.67. The molecule has 0 unspecified atom stereocenters. The molecule has 2 saturated heterocycles. The zero-order valence-electron chi connectivity index (χ0n) is 12.2. The summed E-state index contributed by atoms with van der Waals surface area (Å²) in [5, 5.41) is 16.7. The molecule has 7 heteroatoms. The molecule has 0 aromatic carbocycles. The van der Waals surface area contributed by atoms with Crippen LogP contribution in [0.15, 0.2) is 6.07 Å². The number of carboxylic acids is 1. The van der Waals surface area contributed by atoms with Crippen LogP contribution in [0.3, 0.4) is 0 Å². The van der Waals surface area contributed by atoms with Crippen LogP contribution in [-0.2, 0) is 9.53 Å². The number of rotatable bonds is 3. The van der Waals surface area contributed by atoms with E-state index < -0.39 is 11.4 Å². The molecule has 7 nitrogen and oxygen atoms in total. The maximum Gasteiger partial charge on any atom is 0.311 e. The molecule has 2 N–H and O–H groups in total. The van der Waals surface area contributed by atoms with Crippen molar-refractivity contribution in [2.75, 3.05) is 26.3 Å². The second kappa shape index (κ2) is 4.81. The second-order valence-electron chi connectivity index (χ2n) is 6.65. The fourth-order valence-electron chi connectivity index (χ4n) is 3.67. The average molecular weight is 305 g/mol. The molecule has 1 aromatic rings. The minimum atomic E-state index is -0.858. The summed E-state index contributed by atoms with van der Waals surface area (Å²) in [6.45, 7) is 1.53. The number of aliphatic carboxylic acids is 1. The van der Waals surface area contributed by atoms with Gasteiger partial charge in [0.1, 0.15) is 5.69 Å². The average Bonchev–Trinajstić information content (AvgIpc) is 3.11. The molecule has 118 valence electrons. The fraction of sp³-hybridized carbons (Fsp3) is 0.667. The number of nitrogens with one attached hydrogen (secondary N) is 1. The van der Waals surface area contributed by atoms with Crippen LogP contribution in [0.5, 0.6) is 0 Å². The van der Waals surface area contributed by atoms with Crippen LogP contribution in [0, 0.1) is 11.3 Å². The maximum absolute atomic E-state index is 12.6. The normalized spacial score (nSPS) is 31.1. The van der Waals surface area contributed by atoms with E-state index in [2.05, 4.69) is 10.2 Å². The van der Waals surface area contributed by atoms with Gasteiger partial charge in [-0.15, -0.1) is 0 Å². The van der Waals surface area contributed by atoms with E-state index in [0.29, 0.717) is 37.8 Å². The van der Waals surface area contributed by atoms with Crippen molar-refractivity contribution in [3.63, 3.8) is 0 Å². The first-order valence-electron chi connectivity index (χ1n) is 7.76. The summed E-state index contributed by atoms with van der Waals surface area (Å²) in [7, 11) is 0. The molecule has 22 heavy (non-hydrogen) atoms. The minimum Gasteiger partial charge on any atom is -0.481 e. The van der Waals surface area contributed by atoms with Gasteiger partial charge in [0.15, 0.2) is 0 Å². The molecule has 0 bridgehead atoms. The Balaban J connectivity index is 1.55. The van der Waals surface area contributed by atoms with Gasteiger partial charge >= 0.3 is 5.97 Å². The maximum atomic E-state index is 12.6. The molecule has 4 rings (SSSR count). The largest absolute Gasteiger partial charge is 0.481 e. The van der Waals surface area contributed by atoms with Gasteiger partial charge in [0.25, 0.3) is 5.91 Å². The third kappa shape index (κ3) is 2.03. The third-order valence-electron chi connectivity index (χ3n) is 5.25. The summed E-state index contributed by atoms with van der Waals surface area (Å²) in [6, 6.07) is 1.81. The van der Waals surface area contributed by atoms with Crippen LogP contribution in [0.1, 0.15) is 41.4 Å². The van der Waals surface area contributed by atoms with Crippen molar-refractivity contribution in [3.05, 3.63) is 17.5 Å². The quantitative estimate of drug-likeness (QED) is 0.863. The monoisotopic (exact) mass is 305 g/mol. The summed E-state index contributed by atoms with van der Waals surface area (Å²) in [5.41, 5.74) is 0.544. The predicted octanol–water partition coefficient (Wildman–Crippen LogP) is 0.850. The summed E-state index contributed by atoms with van der Waals surface area (Å²) in [4.78, 5) is 26.0. The lowest BCUT2D eigenvalue weighted by Crippen LogP contribution is -2.45. The van der Waals surface area contributed by atoms with Gasteiger partial charge in [-0.2, -0.15) is 5.10 Å². The van der Waals surface area contributed by atoms with E-state index in [1.807, 2.05) is 6.07 Å². The molecule has 3 aliphatic rings. The SMILES string of the molecule is O=C(c1cc(C2CC2)[nH]n1)N1C[C@H]2COCC[C@@]2(C(=O)O)C1. The molecule has 1 amide bonds. The van der Waals surface area contributed by atoms with E-state index >= 15 is 0 Å². The van der Waals surface area contributed by atoms with Crippen molar-refractivity contribution >= 4 is 11.9 Å². The van der Waals surface area contributed by atoms with E-state index in [0.717, 1.165) is 18.5 Å². The van der Waals surface area contributed by atoms with Gasteiger partial charge in [0, 0.05) is 37.2 Å². The Hall–Kier alpha value is -1.89. The number of nitrogens with zero attached hydrogens (tertiary/aromatic N) is 2. The van der Waals surface area contributed by atoms with Crippen molar-refractivity contribution in [3.8, 4) is 0 Å². The molecule has 3 heterocycles. The van der Waals surface area contributed by atoms with Crippen LogP contribution in [0.2, 0.25) is 0 Å². The van der Waals surface area contributed by atoms with Gasteiger partial charge in [-0.1, -0.05) is 0 Å². The smallest absolute Gasteiger partial charge is 0.311 e. The van der Waals surface area contributed by atoms with Crippen LogP contribution < -0.4 is 0 Å². The zero-order chi connectivity index (χ0) is 15.3. The third-order valence-corrected chi connectivity index (χ3v) is 5.25. The van der Waals surface area contributed by atoms with E-state index in [9.17, 15) is 14.7 Å². The van der Waals surface area contributed by atoms with E-state index in [1.165, 1.54) is 0 Å². The standard InChI is InChI=1S/C15H19N3O4/c19-13(12-5-11(16-17-12)9-1-2-9)18-6-10-7-22-4-3-15(10,8-18)14(20)21/h5,9-10H,1-4,6-8H2,(H,16,17)(H,20,21)/t10-,15+/m0/s1. The molecular formula is C15H19N3O4. The number of hydrogen-bond donors (Lipinski definition) is 2. The number of aromatic nitrogens is 2. The Morgan fingerprint density at radius 2 is 2.27 bits per heavy atom. The van der Waals surface area contributed by atoms with Gasteiger partial charge in [-0.25, -0.2) is 0 Å². The lowest BCUT2D eigenvalue weighted by atomic mass is 9.74. The topological polar surface area (TPSA) is 95.5 Å². The molecular weight excluding hydrogens is 286 g/mol. The minimum absolute atomic E-state index is 0.135. The molecule has 0 spiro atoms. The van der Waals surface area contributed by atoms with Crippen molar-refractivity contribution in [1.82, 2.24) is 15.1 Å². The van der Waals surface area contributed by atoms with Crippen molar-refractivity contribution in [2.24, 2.45) is 11.3 Å². The highest BCUT2D eigenvalue weighted by Crippen LogP contribution is 2.43. The highest BCUT2D eigenvalue weighted by molar-refractivity contribution is 5.93. The van der Waals surface area contributed by atoms with E-state index in [-0.39, 0.29) is 18.4 Å². The number of hydrogen-bond acceptors (Lipinski definition) is 4. The van der Waals surface area contributed by atoms with Crippen molar-refractivity contribution in [1.29, 1.82) is 0 Å². The van der Waals surface area contributed by atoms with Gasteiger partial charge in [0.2, 0.25) is 0 Å². The number of amides is 1. The molecule has 2 atom stereocenters. The zero-order valence-corrected chi connectivity index (χ0v) is 12.2. The highest BCUT2D eigenvalue weighted by atomic mass is 16.5. The van der Waals surface area contributed by atoms with Gasteiger partial charge < -0.3 is 14.7 Å². The number of carbonyl (C=O) groups excluding carboxylic acids is 1. The molecule has 0 radical (unpaired) electrons. The van der Waals surface area contributed by atoms with Crippen LogP contribution >= 0.6 is 0 Å². The first kappa shape index (κ1) is 13.8. The number of fused-ring (bicyclic) bond motifs is 1. The highest BCUT2D eigenvalue weighted by Gasteiger charge is 2.55. The number of likely N-dealkylation sites (tertiary alicyclic amines) is 1. The number of ether oxygens (including phenoxy) is 1. The Kier molecular flexibility index (Phi) is 3.00. The predicted molar refractivity (Wildman–Crippen MR) is 75.5 cm³/mol. The Bertz CT molecular complexity index is 624. The summed E-state index contributed by atoms with van der Waals surface area (Å²) in [5.74, 6) is -0.631. The van der Waals surface area contributed by atoms with Crippen molar-refractivity contribution < 1.29 is 19.4 Å². The number of carboxylic acid groups (broad SMARTS) is 1. The van der Waals surface area contributed by atoms with Crippen LogP contribution in [0.4, 0.5) is 0 Å². The number of aromatic amines is 1. The van der Waals surface area contributed by atoms with Gasteiger partial charge in [0.05, 0.1) is 12.0 Å². The first-order valence-corrected chi connectivity index (χ1v) is 7.76. The second-order valence-corrected chi connectivity index (χ2v) is 6.65. The van der Waals surface area contributed by atoms with E-state index in [4.69, 9.17) is 4.74 Å². The van der Waals surface area contributed by atoms with Gasteiger partial charge in [-0.3, -0.25) is 14.7 Å². The lowest BCUT2D eigenvalue weighted by molar-refractivity contribution is -0.157.